The van der Waals surface area contributed by atoms with E-state index in [1.165, 1.54) is 0 Å². The van der Waals surface area contributed by atoms with Gasteiger partial charge in [0.25, 0.3) is 0 Å². The van der Waals surface area contributed by atoms with E-state index in [0.29, 0.717) is 5.69 Å². The number of hydrogen-bond donors (Lipinski definition) is 1. The second kappa shape index (κ2) is 5.18. The van der Waals surface area contributed by atoms with Gasteiger partial charge in [0.1, 0.15) is 0 Å². The van der Waals surface area contributed by atoms with Gasteiger partial charge in [-0.3, -0.25) is 9.10 Å². The maximum Gasteiger partial charge on any atom is 0.320 e. The Morgan fingerprint density at radius 1 is 1.29 bits per heavy atom. The normalized spacial score (nSPS) is 11.2. The SMILES string of the molecule is CCN(c1ccc(C)cc1)S(=O)(=O)CC(=O)O. The summed E-state index contributed by atoms with van der Waals surface area (Å²) in [6, 6.07) is 6.90. The molecule has 1 aromatic rings. The van der Waals surface area contributed by atoms with Gasteiger partial charge < -0.3 is 5.11 Å². The summed E-state index contributed by atoms with van der Waals surface area (Å²) >= 11 is 0. The number of aryl methyl sites for hydroxylation is 1. The molecule has 0 saturated heterocycles. The van der Waals surface area contributed by atoms with E-state index >= 15 is 0 Å². The lowest BCUT2D eigenvalue weighted by Crippen LogP contribution is -2.35. The topological polar surface area (TPSA) is 74.7 Å². The fourth-order valence-electron chi connectivity index (χ4n) is 1.48. The van der Waals surface area contributed by atoms with Crippen LogP contribution < -0.4 is 4.31 Å². The highest BCUT2D eigenvalue weighted by atomic mass is 32.2. The van der Waals surface area contributed by atoms with Crippen LogP contribution in [-0.2, 0) is 14.8 Å². The largest absolute Gasteiger partial charge is 0.480 e. The number of carbonyl (C=O) groups is 1. The molecule has 0 unspecified atom stereocenters. The van der Waals surface area contributed by atoms with Crippen molar-refractivity contribution in [2.75, 3.05) is 16.6 Å². The van der Waals surface area contributed by atoms with Crippen LogP contribution in [0.3, 0.4) is 0 Å². The number of aliphatic carboxylic acids is 1. The van der Waals surface area contributed by atoms with Crippen molar-refractivity contribution < 1.29 is 18.3 Å². The molecular weight excluding hydrogens is 242 g/mol. The Morgan fingerprint density at radius 2 is 1.82 bits per heavy atom. The van der Waals surface area contributed by atoms with Gasteiger partial charge in [-0.25, -0.2) is 8.42 Å². The van der Waals surface area contributed by atoms with Crippen molar-refractivity contribution in [1.82, 2.24) is 0 Å². The fraction of sp³-hybridized carbons (Fsp3) is 0.364. The Bertz CT molecular complexity index is 493. The molecule has 0 heterocycles. The average molecular weight is 257 g/mol. The van der Waals surface area contributed by atoms with Crippen molar-refractivity contribution in [3.05, 3.63) is 29.8 Å². The molecule has 1 N–H and O–H groups in total. The average Bonchev–Trinajstić information content (AvgIpc) is 2.19. The Morgan fingerprint density at radius 3 is 2.24 bits per heavy atom. The molecule has 1 rings (SSSR count). The minimum Gasteiger partial charge on any atom is -0.480 e. The van der Waals surface area contributed by atoms with Crippen LogP contribution in [0.1, 0.15) is 12.5 Å². The first-order valence-corrected chi connectivity index (χ1v) is 6.76. The van der Waals surface area contributed by atoms with Gasteiger partial charge in [-0.05, 0) is 26.0 Å². The van der Waals surface area contributed by atoms with Gasteiger partial charge in [-0.1, -0.05) is 17.7 Å². The van der Waals surface area contributed by atoms with Gasteiger partial charge in [0.05, 0.1) is 5.69 Å². The molecule has 1 aromatic carbocycles. The summed E-state index contributed by atoms with van der Waals surface area (Å²) in [4.78, 5) is 10.5. The smallest absolute Gasteiger partial charge is 0.320 e. The lowest BCUT2D eigenvalue weighted by Gasteiger charge is -2.21. The third-order valence-corrected chi connectivity index (χ3v) is 4.00. The standard InChI is InChI=1S/C11H15NO4S/c1-3-12(17(15,16)8-11(13)14)10-6-4-9(2)5-7-10/h4-7H,3,8H2,1-2H3,(H,13,14). The quantitative estimate of drug-likeness (QED) is 0.861. The summed E-state index contributed by atoms with van der Waals surface area (Å²) in [7, 11) is -3.80. The van der Waals surface area contributed by atoms with E-state index in [0.717, 1.165) is 9.87 Å². The van der Waals surface area contributed by atoms with Crippen LogP contribution in [-0.4, -0.2) is 31.8 Å². The van der Waals surface area contributed by atoms with Gasteiger partial charge in [-0.15, -0.1) is 0 Å². The van der Waals surface area contributed by atoms with Gasteiger partial charge in [0.2, 0.25) is 10.0 Å². The van der Waals surface area contributed by atoms with Crippen LogP contribution in [0.5, 0.6) is 0 Å². The van der Waals surface area contributed by atoms with Crippen molar-refractivity contribution >= 4 is 21.7 Å². The molecule has 0 amide bonds. The Kier molecular flexibility index (Phi) is 4.11. The van der Waals surface area contributed by atoms with E-state index in [9.17, 15) is 13.2 Å². The third-order valence-electron chi connectivity index (χ3n) is 2.25. The molecule has 0 spiro atoms. The molecule has 0 bridgehead atoms. The zero-order chi connectivity index (χ0) is 13.1. The monoisotopic (exact) mass is 257 g/mol. The number of carboxylic acids is 1. The molecule has 0 atom stereocenters. The van der Waals surface area contributed by atoms with Crippen molar-refractivity contribution in [1.29, 1.82) is 0 Å². The number of sulfonamides is 1. The van der Waals surface area contributed by atoms with Crippen LogP contribution in [0.15, 0.2) is 24.3 Å². The third kappa shape index (κ3) is 3.45. The molecule has 0 aliphatic rings. The summed E-state index contributed by atoms with van der Waals surface area (Å²) in [5, 5.41) is 8.58. The van der Waals surface area contributed by atoms with Crippen LogP contribution >= 0.6 is 0 Å². The highest BCUT2D eigenvalue weighted by Gasteiger charge is 2.23. The number of rotatable bonds is 5. The first kappa shape index (κ1) is 13.5. The number of hydrogen-bond acceptors (Lipinski definition) is 3. The summed E-state index contributed by atoms with van der Waals surface area (Å²) in [5.41, 5.74) is 1.50. The Labute approximate surface area is 101 Å². The van der Waals surface area contributed by atoms with Crippen molar-refractivity contribution in [2.24, 2.45) is 0 Å². The van der Waals surface area contributed by atoms with E-state index < -0.39 is 21.7 Å². The minimum atomic E-state index is -3.80. The molecule has 0 saturated carbocycles. The van der Waals surface area contributed by atoms with E-state index in [2.05, 4.69) is 0 Å². The number of nitrogens with zero attached hydrogens (tertiary/aromatic N) is 1. The molecule has 0 fully saturated rings. The molecular formula is C11H15NO4S. The number of benzene rings is 1. The number of carboxylic acid groups (broad SMARTS) is 1. The maximum atomic E-state index is 11.8. The summed E-state index contributed by atoms with van der Waals surface area (Å²) in [5.74, 6) is -2.25. The lowest BCUT2D eigenvalue weighted by molar-refractivity contribution is -0.134. The zero-order valence-corrected chi connectivity index (χ0v) is 10.6. The van der Waals surface area contributed by atoms with Crippen molar-refractivity contribution in [3.8, 4) is 0 Å². The first-order valence-electron chi connectivity index (χ1n) is 5.15. The van der Waals surface area contributed by atoms with E-state index in [1.807, 2.05) is 6.92 Å². The predicted molar refractivity (Wildman–Crippen MR) is 65.6 cm³/mol. The van der Waals surface area contributed by atoms with Gasteiger partial charge in [0.15, 0.2) is 5.75 Å². The second-order valence-electron chi connectivity index (χ2n) is 3.65. The second-order valence-corrected chi connectivity index (χ2v) is 5.54. The Hall–Kier alpha value is -1.56. The highest BCUT2D eigenvalue weighted by Crippen LogP contribution is 2.18. The maximum absolute atomic E-state index is 11.8. The molecule has 6 heteroatoms. The molecule has 0 radical (unpaired) electrons. The molecule has 0 aliphatic carbocycles. The van der Waals surface area contributed by atoms with Crippen LogP contribution in [0.4, 0.5) is 5.69 Å². The van der Waals surface area contributed by atoms with Crippen molar-refractivity contribution in [2.45, 2.75) is 13.8 Å². The molecule has 0 aromatic heterocycles. The molecule has 0 aliphatic heterocycles. The summed E-state index contributed by atoms with van der Waals surface area (Å²) < 4.78 is 24.7. The minimum absolute atomic E-state index is 0.207. The van der Waals surface area contributed by atoms with E-state index in [1.54, 1.807) is 31.2 Å². The first-order chi connectivity index (χ1) is 7.86. The van der Waals surface area contributed by atoms with Gasteiger partial charge >= 0.3 is 5.97 Å². The molecule has 5 nitrogen and oxygen atoms in total. The highest BCUT2D eigenvalue weighted by molar-refractivity contribution is 7.93. The zero-order valence-electron chi connectivity index (χ0n) is 9.75. The van der Waals surface area contributed by atoms with Gasteiger partial charge in [-0.2, -0.15) is 0 Å². The van der Waals surface area contributed by atoms with Crippen molar-refractivity contribution in [3.63, 3.8) is 0 Å². The number of anilines is 1. The molecule has 94 valence electrons. The fourth-order valence-corrected chi connectivity index (χ4v) is 2.79. The summed E-state index contributed by atoms with van der Waals surface area (Å²) in [6.07, 6.45) is 0. The van der Waals surface area contributed by atoms with E-state index in [4.69, 9.17) is 5.11 Å². The lowest BCUT2D eigenvalue weighted by atomic mass is 10.2. The summed E-state index contributed by atoms with van der Waals surface area (Å²) in [6.45, 7) is 3.77. The Balaban J connectivity index is 3.07. The van der Waals surface area contributed by atoms with Gasteiger partial charge in [0, 0.05) is 6.54 Å². The molecule has 17 heavy (non-hydrogen) atoms. The van der Waals surface area contributed by atoms with E-state index in [-0.39, 0.29) is 6.54 Å². The van der Waals surface area contributed by atoms with Crippen LogP contribution in [0.2, 0.25) is 0 Å². The predicted octanol–water partition coefficient (Wildman–Crippen LogP) is 1.24. The van der Waals surface area contributed by atoms with Crippen LogP contribution in [0.25, 0.3) is 0 Å². The van der Waals surface area contributed by atoms with Crippen LogP contribution in [0, 0.1) is 6.92 Å².